The quantitative estimate of drug-likeness (QED) is 0.837. The molecule has 0 N–H and O–H groups in total. The van der Waals surface area contributed by atoms with Crippen molar-refractivity contribution in [2.45, 2.75) is 37.6 Å². The average Bonchev–Trinajstić information content (AvgIpc) is 3.06. The zero-order valence-corrected chi connectivity index (χ0v) is 13.7. The number of piperidine rings is 1. The van der Waals surface area contributed by atoms with E-state index in [9.17, 15) is 4.79 Å². The van der Waals surface area contributed by atoms with E-state index in [0.29, 0.717) is 11.9 Å². The third-order valence-corrected chi connectivity index (χ3v) is 5.77. The highest BCUT2D eigenvalue weighted by molar-refractivity contribution is 5.85. The molecule has 124 valence electrons. The van der Waals surface area contributed by atoms with Crippen molar-refractivity contribution < 1.29 is 9.53 Å². The number of hydrogen-bond donors (Lipinski definition) is 0. The van der Waals surface area contributed by atoms with Gasteiger partial charge in [0.15, 0.2) is 0 Å². The van der Waals surface area contributed by atoms with Gasteiger partial charge in [0.05, 0.1) is 19.1 Å². The largest absolute Gasteiger partial charge is 0.379 e. The van der Waals surface area contributed by atoms with E-state index < -0.39 is 0 Å². The Kier molecular flexibility index (Phi) is 4.36. The number of carbonyl (C=O) groups excluding carboxylic acids is 1. The lowest BCUT2D eigenvalue weighted by Gasteiger charge is -2.40. The van der Waals surface area contributed by atoms with Gasteiger partial charge in [-0.25, -0.2) is 0 Å². The Bertz CT molecular complexity index is 560. The fourth-order valence-corrected chi connectivity index (χ4v) is 4.43. The average molecular weight is 314 g/mol. The molecule has 2 fully saturated rings. The molecule has 1 aromatic carbocycles. The van der Waals surface area contributed by atoms with E-state index in [2.05, 4.69) is 34.1 Å². The van der Waals surface area contributed by atoms with E-state index in [1.807, 2.05) is 0 Å². The lowest BCUT2D eigenvalue weighted by molar-refractivity contribution is -0.134. The first kappa shape index (κ1) is 15.2. The maximum atomic E-state index is 12.9. The summed E-state index contributed by atoms with van der Waals surface area (Å²) >= 11 is 0. The molecule has 0 unspecified atom stereocenters. The van der Waals surface area contributed by atoms with Crippen LogP contribution in [0.1, 0.15) is 36.3 Å². The fraction of sp³-hybridized carbons (Fsp3) is 0.632. The number of aryl methyl sites for hydroxylation is 1. The van der Waals surface area contributed by atoms with Crippen molar-refractivity contribution >= 4 is 5.91 Å². The second-order valence-electron chi connectivity index (χ2n) is 6.99. The predicted molar refractivity (Wildman–Crippen MR) is 89.5 cm³/mol. The molecule has 4 nitrogen and oxygen atoms in total. The number of rotatable bonds is 2. The number of fused-ring (bicyclic) bond motifs is 1. The summed E-state index contributed by atoms with van der Waals surface area (Å²) in [7, 11) is 0. The van der Waals surface area contributed by atoms with Gasteiger partial charge in [-0.15, -0.1) is 0 Å². The van der Waals surface area contributed by atoms with Crippen LogP contribution in [0.4, 0.5) is 0 Å². The maximum Gasteiger partial charge on any atom is 0.230 e. The molecule has 0 spiro atoms. The van der Waals surface area contributed by atoms with Crippen molar-refractivity contribution in [2.24, 2.45) is 0 Å². The van der Waals surface area contributed by atoms with Gasteiger partial charge in [-0.1, -0.05) is 24.3 Å². The molecule has 2 saturated heterocycles. The fourth-order valence-electron chi connectivity index (χ4n) is 4.43. The van der Waals surface area contributed by atoms with E-state index >= 15 is 0 Å². The summed E-state index contributed by atoms with van der Waals surface area (Å²) < 4.78 is 5.44. The van der Waals surface area contributed by atoms with E-state index in [4.69, 9.17) is 4.74 Å². The zero-order chi connectivity index (χ0) is 15.6. The number of likely N-dealkylation sites (tertiary alicyclic amines) is 1. The molecule has 2 heterocycles. The molecule has 23 heavy (non-hydrogen) atoms. The van der Waals surface area contributed by atoms with Crippen LogP contribution in [0.25, 0.3) is 0 Å². The first-order valence-electron chi connectivity index (χ1n) is 9.01. The van der Waals surface area contributed by atoms with Crippen molar-refractivity contribution in [1.29, 1.82) is 0 Å². The normalized spacial score (nSPS) is 26.3. The van der Waals surface area contributed by atoms with Crippen LogP contribution >= 0.6 is 0 Å². The summed E-state index contributed by atoms with van der Waals surface area (Å²) in [5.41, 5.74) is 2.64. The summed E-state index contributed by atoms with van der Waals surface area (Å²) in [6, 6.07) is 9.10. The Labute approximate surface area is 138 Å². The van der Waals surface area contributed by atoms with Crippen LogP contribution < -0.4 is 0 Å². The smallest absolute Gasteiger partial charge is 0.230 e. The van der Waals surface area contributed by atoms with Crippen molar-refractivity contribution in [3.05, 3.63) is 35.4 Å². The van der Waals surface area contributed by atoms with Crippen LogP contribution in [-0.4, -0.2) is 61.1 Å². The van der Waals surface area contributed by atoms with Gasteiger partial charge < -0.3 is 9.64 Å². The number of benzene rings is 1. The van der Waals surface area contributed by atoms with Gasteiger partial charge in [-0.05, 0) is 36.8 Å². The molecule has 2 aliphatic heterocycles. The topological polar surface area (TPSA) is 32.8 Å². The van der Waals surface area contributed by atoms with E-state index in [0.717, 1.165) is 65.1 Å². The van der Waals surface area contributed by atoms with Crippen LogP contribution in [0.5, 0.6) is 0 Å². The Balaban J connectivity index is 1.36. The van der Waals surface area contributed by atoms with Gasteiger partial charge in [0, 0.05) is 32.2 Å². The predicted octanol–water partition coefficient (Wildman–Crippen LogP) is 2.04. The molecule has 1 atom stereocenters. The molecule has 3 aliphatic rings. The molecular formula is C19H26N2O2. The minimum Gasteiger partial charge on any atom is -0.379 e. The minimum atomic E-state index is 0.103. The first-order chi connectivity index (χ1) is 11.3. The Morgan fingerprint density at radius 3 is 2.52 bits per heavy atom. The van der Waals surface area contributed by atoms with Crippen LogP contribution in [-0.2, 0) is 16.0 Å². The number of amides is 1. The molecule has 1 aliphatic carbocycles. The van der Waals surface area contributed by atoms with Crippen LogP contribution in [0.3, 0.4) is 0 Å². The summed E-state index contributed by atoms with van der Waals surface area (Å²) in [5, 5.41) is 0. The molecule has 0 aromatic heterocycles. The SMILES string of the molecule is O=C([C@@H]1CCc2ccccc21)N1CCC(N2CCOCC2)CC1. The molecule has 0 bridgehead atoms. The number of morpholine rings is 1. The number of carbonyl (C=O) groups is 1. The third kappa shape index (κ3) is 3.02. The molecule has 1 aromatic rings. The van der Waals surface area contributed by atoms with Crippen molar-refractivity contribution in [3.63, 3.8) is 0 Å². The standard InChI is InChI=1S/C19H26N2O2/c22-19(18-6-5-15-3-1-2-4-17(15)18)21-9-7-16(8-10-21)20-11-13-23-14-12-20/h1-4,16,18H,5-14H2/t18-/m1/s1. The summed E-state index contributed by atoms with van der Waals surface area (Å²) in [6.07, 6.45) is 4.26. The molecule has 0 saturated carbocycles. The Hall–Kier alpha value is -1.39. The van der Waals surface area contributed by atoms with Crippen molar-refractivity contribution in [2.75, 3.05) is 39.4 Å². The number of hydrogen-bond acceptors (Lipinski definition) is 3. The molecule has 4 rings (SSSR count). The highest BCUT2D eigenvalue weighted by Crippen LogP contribution is 2.35. The lowest BCUT2D eigenvalue weighted by atomic mass is 9.97. The van der Waals surface area contributed by atoms with E-state index in [-0.39, 0.29) is 5.92 Å². The van der Waals surface area contributed by atoms with Crippen LogP contribution in [0, 0.1) is 0 Å². The monoisotopic (exact) mass is 314 g/mol. The zero-order valence-electron chi connectivity index (χ0n) is 13.7. The number of nitrogens with zero attached hydrogens (tertiary/aromatic N) is 2. The lowest BCUT2D eigenvalue weighted by Crippen LogP contribution is -2.50. The second kappa shape index (κ2) is 6.62. The summed E-state index contributed by atoms with van der Waals surface area (Å²) in [6.45, 7) is 5.65. The summed E-state index contributed by atoms with van der Waals surface area (Å²) in [4.78, 5) is 17.6. The Morgan fingerprint density at radius 2 is 1.74 bits per heavy atom. The third-order valence-electron chi connectivity index (χ3n) is 5.77. The highest BCUT2D eigenvalue weighted by Gasteiger charge is 2.34. The van der Waals surface area contributed by atoms with Gasteiger partial charge in [0.2, 0.25) is 5.91 Å². The highest BCUT2D eigenvalue weighted by atomic mass is 16.5. The summed E-state index contributed by atoms with van der Waals surface area (Å²) in [5.74, 6) is 0.460. The molecule has 0 radical (unpaired) electrons. The van der Waals surface area contributed by atoms with E-state index in [1.54, 1.807) is 0 Å². The van der Waals surface area contributed by atoms with Gasteiger partial charge in [-0.2, -0.15) is 0 Å². The van der Waals surface area contributed by atoms with Crippen LogP contribution in [0.2, 0.25) is 0 Å². The van der Waals surface area contributed by atoms with E-state index in [1.165, 1.54) is 11.1 Å². The molecular weight excluding hydrogens is 288 g/mol. The van der Waals surface area contributed by atoms with Crippen molar-refractivity contribution in [1.82, 2.24) is 9.80 Å². The molecule has 1 amide bonds. The Morgan fingerprint density at radius 1 is 1.00 bits per heavy atom. The van der Waals surface area contributed by atoms with Crippen LogP contribution in [0.15, 0.2) is 24.3 Å². The van der Waals surface area contributed by atoms with Crippen molar-refractivity contribution in [3.8, 4) is 0 Å². The number of ether oxygens (including phenoxy) is 1. The van der Waals surface area contributed by atoms with Gasteiger partial charge >= 0.3 is 0 Å². The van der Waals surface area contributed by atoms with Gasteiger partial charge in [0.25, 0.3) is 0 Å². The van der Waals surface area contributed by atoms with Gasteiger partial charge in [-0.3, -0.25) is 9.69 Å². The van der Waals surface area contributed by atoms with Gasteiger partial charge in [0.1, 0.15) is 0 Å². The first-order valence-corrected chi connectivity index (χ1v) is 9.01. The minimum absolute atomic E-state index is 0.103. The maximum absolute atomic E-state index is 12.9. The second-order valence-corrected chi connectivity index (χ2v) is 6.99. The molecule has 4 heteroatoms.